The number of rotatable bonds is 6. The van der Waals surface area contributed by atoms with Gasteiger partial charge in [0.1, 0.15) is 0 Å². The molecule has 1 spiro atoms. The second-order valence-corrected chi connectivity index (χ2v) is 16.2. The SMILES string of the molecule is c1ccc(-c2ccc(-c3cc(-c4ccc(-c5ccccc5)cc4)nc(-c4ccc(-c5ccc6c(c5)C5(c7ccccc7-c7ccccc75)c5ccccc5-6)cc4)c3)cc2)cc1. The van der Waals surface area contributed by atoms with Crippen LogP contribution in [-0.2, 0) is 5.41 Å². The normalized spacial score (nSPS) is 12.7. The van der Waals surface area contributed by atoms with E-state index in [0.29, 0.717) is 0 Å². The molecule has 0 amide bonds. The minimum atomic E-state index is -0.367. The molecule has 1 heterocycles. The largest absolute Gasteiger partial charge is 0.248 e. The Balaban J connectivity index is 0.946. The van der Waals surface area contributed by atoms with Gasteiger partial charge in [0.2, 0.25) is 0 Å². The predicted molar refractivity (Wildman–Crippen MR) is 253 cm³/mol. The maximum atomic E-state index is 5.33. The van der Waals surface area contributed by atoms with Crippen LogP contribution in [0.4, 0.5) is 0 Å². The Bertz CT molecular complexity index is 3090. The van der Waals surface area contributed by atoms with Crippen LogP contribution in [0.3, 0.4) is 0 Å². The second kappa shape index (κ2) is 14.2. The van der Waals surface area contributed by atoms with Crippen molar-refractivity contribution < 1.29 is 0 Å². The molecule has 0 saturated carbocycles. The molecule has 1 heteroatoms. The van der Waals surface area contributed by atoms with Crippen LogP contribution in [0.1, 0.15) is 22.3 Å². The van der Waals surface area contributed by atoms with E-state index in [2.05, 4.69) is 237 Å². The lowest BCUT2D eigenvalue weighted by molar-refractivity contribution is 0.794. The van der Waals surface area contributed by atoms with E-state index in [9.17, 15) is 0 Å². The van der Waals surface area contributed by atoms with Gasteiger partial charge >= 0.3 is 0 Å². The summed E-state index contributed by atoms with van der Waals surface area (Å²) in [6, 6.07) is 86.4. The molecule has 0 N–H and O–H groups in total. The van der Waals surface area contributed by atoms with Crippen molar-refractivity contribution in [2.24, 2.45) is 0 Å². The molecule has 9 aromatic carbocycles. The van der Waals surface area contributed by atoms with E-state index in [1.165, 1.54) is 77.9 Å². The van der Waals surface area contributed by atoms with Crippen LogP contribution in [0.15, 0.2) is 237 Å². The first-order chi connectivity index (χ1) is 30.2. The number of pyridine rings is 1. The summed E-state index contributed by atoms with van der Waals surface area (Å²) in [5.74, 6) is 0. The van der Waals surface area contributed by atoms with E-state index in [4.69, 9.17) is 4.98 Å². The number of nitrogens with zero attached hydrogens (tertiary/aromatic N) is 1. The van der Waals surface area contributed by atoms with Gasteiger partial charge in [-0.3, -0.25) is 0 Å². The molecule has 1 aromatic heterocycles. The smallest absolute Gasteiger partial charge is 0.0725 e. The molecule has 0 fully saturated rings. The number of hydrogen-bond acceptors (Lipinski definition) is 1. The number of aromatic nitrogens is 1. The third kappa shape index (κ3) is 5.66. The van der Waals surface area contributed by atoms with E-state index < -0.39 is 0 Å². The van der Waals surface area contributed by atoms with E-state index in [1.54, 1.807) is 0 Å². The highest BCUT2D eigenvalue weighted by molar-refractivity contribution is 5.96. The zero-order valence-electron chi connectivity index (χ0n) is 33.5. The van der Waals surface area contributed by atoms with Gasteiger partial charge in [0.05, 0.1) is 16.8 Å². The second-order valence-electron chi connectivity index (χ2n) is 16.2. The first-order valence-corrected chi connectivity index (χ1v) is 21.1. The Morgan fingerprint density at radius 2 is 0.525 bits per heavy atom. The molecule has 61 heavy (non-hydrogen) atoms. The van der Waals surface area contributed by atoms with Crippen molar-refractivity contribution in [1.29, 1.82) is 0 Å². The maximum absolute atomic E-state index is 5.33. The standard InChI is InChI=1S/C60H39N/c1-3-13-40(14-4-1)42-23-25-45(26-24-42)49-38-58(46-31-27-43(28-32-46)41-15-5-2-6-16-41)61-59(39-49)47-33-29-44(30-34-47)48-35-36-53-52-19-9-12-22-56(52)60(57(53)37-48)54-20-10-7-17-50(54)51-18-8-11-21-55(51)60/h1-39H. The van der Waals surface area contributed by atoms with Crippen molar-refractivity contribution in [2.45, 2.75) is 5.41 Å². The van der Waals surface area contributed by atoms with Gasteiger partial charge in [-0.1, -0.05) is 218 Å². The van der Waals surface area contributed by atoms with Crippen LogP contribution in [0.2, 0.25) is 0 Å². The van der Waals surface area contributed by atoms with Crippen molar-refractivity contribution in [3.63, 3.8) is 0 Å². The third-order valence-electron chi connectivity index (χ3n) is 12.9. The van der Waals surface area contributed by atoms with Crippen LogP contribution in [0, 0.1) is 0 Å². The Morgan fingerprint density at radius 3 is 0.967 bits per heavy atom. The quantitative estimate of drug-likeness (QED) is 0.164. The molecule has 284 valence electrons. The Kier molecular flexibility index (Phi) is 8.15. The van der Waals surface area contributed by atoms with Crippen molar-refractivity contribution in [3.8, 4) is 89.3 Å². The topological polar surface area (TPSA) is 12.9 Å². The molecular weight excluding hydrogens is 735 g/mol. The molecule has 0 radical (unpaired) electrons. The van der Waals surface area contributed by atoms with Crippen LogP contribution >= 0.6 is 0 Å². The fourth-order valence-corrected chi connectivity index (χ4v) is 10.1. The summed E-state index contributed by atoms with van der Waals surface area (Å²) >= 11 is 0. The highest BCUT2D eigenvalue weighted by Crippen LogP contribution is 2.63. The van der Waals surface area contributed by atoms with Crippen LogP contribution in [0.5, 0.6) is 0 Å². The van der Waals surface area contributed by atoms with Gasteiger partial charge in [-0.05, 0) is 107 Å². The fraction of sp³-hybridized carbons (Fsp3) is 0.0167. The van der Waals surface area contributed by atoms with E-state index in [-0.39, 0.29) is 5.41 Å². The Hall–Kier alpha value is -7.87. The summed E-state index contributed by atoms with van der Waals surface area (Å²) < 4.78 is 0. The number of fused-ring (bicyclic) bond motifs is 10. The van der Waals surface area contributed by atoms with Gasteiger partial charge in [0.25, 0.3) is 0 Å². The molecule has 12 rings (SSSR count). The molecule has 2 aliphatic rings. The molecule has 0 saturated heterocycles. The highest BCUT2D eigenvalue weighted by Gasteiger charge is 2.51. The first-order valence-electron chi connectivity index (χ1n) is 21.1. The van der Waals surface area contributed by atoms with Crippen molar-refractivity contribution in [3.05, 3.63) is 259 Å². The summed E-state index contributed by atoms with van der Waals surface area (Å²) in [7, 11) is 0. The van der Waals surface area contributed by atoms with Crippen LogP contribution in [0.25, 0.3) is 89.3 Å². The summed E-state index contributed by atoms with van der Waals surface area (Å²) in [5, 5.41) is 0. The third-order valence-corrected chi connectivity index (χ3v) is 12.9. The van der Waals surface area contributed by atoms with Gasteiger partial charge < -0.3 is 0 Å². The number of hydrogen-bond donors (Lipinski definition) is 0. The summed E-state index contributed by atoms with van der Waals surface area (Å²) in [6.07, 6.45) is 0. The maximum Gasteiger partial charge on any atom is 0.0725 e. The number of benzene rings is 9. The van der Waals surface area contributed by atoms with Crippen LogP contribution < -0.4 is 0 Å². The summed E-state index contributed by atoms with van der Waals surface area (Å²) in [6.45, 7) is 0. The first kappa shape index (κ1) is 35.1. The Morgan fingerprint density at radius 1 is 0.213 bits per heavy atom. The van der Waals surface area contributed by atoms with Crippen LogP contribution in [-0.4, -0.2) is 4.98 Å². The minimum Gasteiger partial charge on any atom is -0.248 e. The van der Waals surface area contributed by atoms with Gasteiger partial charge in [-0.15, -0.1) is 0 Å². The average Bonchev–Trinajstić information content (AvgIpc) is 3.82. The molecule has 0 unspecified atom stereocenters. The van der Waals surface area contributed by atoms with Gasteiger partial charge in [0.15, 0.2) is 0 Å². The molecular formula is C60H39N. The molecule has 10 aromatic rings. The van der Waals surface area contributed by atoms with Gasteiger partial charge in [0, 0.05) is 11.1 Å². The van der Waals surface area contributed by atoms with E-state index >= 15 is 0 Å². The molecule has 0 aliphatic heterocycles. The van der Waals surface area contributed by atoms with Crippen molar-refractivity contribution in [2.75, 3.05) is 0 Å². The zero-order valence-corrected chi connectivity index (χ0v) is 33.5. The average molecular weight is 774 g/mol. The molecule has 0 atom stereocenters. The Labute approximate surface area is 357 Å². The molecule has 1 nitrogen and oxygen atoms in total. The van der Waals surface area contributed by atoms with E-state index in [0.717, 1.165) is 33.6 Å². The van der Waals surface area contributed by atoms with Crippen molar-refractivity contribution in [1.82, 2.24) is 4.98 Å². The predicted octanol–water partition coefficient (Wildman–Crippen LogP) is 15.4. The monoisotopic (exact) mass is 773 g/mol. The minimum absolute atomic E-state index is 0.367. The fourth-order valence-electron chi connectivity index (χ4n) is 10.1. The van der Waals surface area contributed by atoms with Crippen molar-refractivity contribution >= 4 is 0 Å². The molecule has 0 bridgehead atoms. The highest BCUT2D eigenvalue weighted by atomic mass is 14.7. The summed E-state index contributed by atoms with van der Waals surface area (Å²) in [4.78, 5) is 5.33. The van der Waals surface area contributed by atoms with E-state index in [1.807, 2.05) is 0 Å². The zero-order chi connectivity index (χ0) is 40.3. The van der Waals surface area contributed by atoms with Gasteiger partial charge in [-0.25, -0.2) is 4.98 Å². The van der Waals surface area contributed by atoms with Gasteiger partial charge in [-0.2, -0.15) is 0 Å². The summed E-state index contributed by atoms with van der Waals surface area (Å²) in [5.41, 5.74) is 23.9. The lowest BCUT2D eigenvalue weighted by atomic mass is 9.70. The molecule has 2 aliphatic carbocycles. The lowest BCUT2D eigenvalue weighted by Gasteiger charge is -2.30. The lowest BCUT2D eigenvalue weighted by Crippen LogP contribution is -2.25.